The van der Waals surface area contributed by atoms with Gasteiger partial charge in [-0.25, -0.2) is 4.79 Å². The second-order valence-electron chi connectivity index (χ2n) is 5.66. The fourth-order valence-corrected chi connectivity index (χ4v) is 2.80. The number of rotatable bonds is 5. The quantitative estimate of drug-likeness (QED) is 0.622. The summed E-state index contributed by atoms with van der Waals surface area (Å²) in [5.74, 6) is -0.452. The molecule has 0 saturated heterocycles. The van der Waals surface area contributed by atoms with Crippen molar-refractivity contribution in [3.63, 3.8) is 0 Å². The predicted molar refractivity (Wildman–Crippen MR) is 99.8 cm³/mol. The topological polar surface area (TPSA) is 65.7 Å². The molecule has 0 aliphatic rings. The number of hydrogen-bond donors (Lipinski definition) is 0. The molecule has 3 rings (SSSR count). The number of fused-ring (bicyclic) bond motifs is 1. The van der Waals surface area contributed by atoms with Crippen LogP contribution < -0.4 is 10.2 Å². The van der Waals surface area contributed by atoms with E-state index in [0.717, 1.165) is 5.56 Å². The van der Waals surface area contributed by atoms with Crippen LogP contribution in [-0.2, 0) is 9.53 Å². The molecule has 0 saturated carbocycles. The number of carbonyl (C=O) groups is 1. The van der Waals surface area contributed by atoms with Gasteiger partial charge in [0.05, 0.1) is 17.0 Å². The molecule has 2 aromatic carbocycles. The fourth-order valence-electron chi connectivity index (χ4n) is 2.58. The Morgan fingerprint density at radius 3 is 2.69 bits per heavy atom. The zero-order chi connectivity index (χ0) is 18.7. The standard InChI is InChI=1S/C20H17ClO5/c1-3-24-17(22)11-25-20-18(23)14-10-12(2)8-9-16(14)26-19(20)13-6-4-5-7-15(13)21/h4-10H,3,11H2,1-2H3. The van der Waals surface area contributed by atoms with E-state index in [-0.39, 0.29) is 23.5 Å². The number of aryl methyl sites for hydroxylation is 1. The second kappa shape index (κ2) is 7.62. The summed E-state index contributed by atoms with van der Waals surface area (Å²) in [5, 5.41) is 0.780. The lowest BCUT2D eigenvalue weighted by Crippen LogP contribution is -2.18. The van der Waals surface area contributed by atoms with Crippen LogP contribution >= 0.6 is 11.6 Å². The van der Waals surface area contributed by atoms with Crippen molar-refractivity contribution in [3.05, 3.63) is 63.3 Å². The fraction of sp³-hybridized carbons (Fsp3) is 0.200. The SMILES string of the molecule is CCOC(=O)COc1c(-c2ccccc2Cl)oc2ccc(C)cc2c1=O. The summed E-state index contributed by atoms with van der Waals surface area (Å²) >= 11 is 6.26. The van der Waals surface area contributed by atoms with E-state index in [2.05, 4.69) is 0 Å². The first-order valence-electron chi connectivity index (χ1n) is 8.12. The second-order valence-corrected chi connectivity index (χ2v) is 6.07. The Kier molecular flexibility index (Phi) is 5.28. The summed E-state index contributed by atoms with van der Waals surface area (Å²) in [4.78, 5) is 24.6. The minimum absolute atomic E-state index is 0.0655. The summed E-state index contributed by atoms with van der Waals surface area (Å²) in [5.41, 5.74) is 1.47. The Hall–Kier alpha value is -2.79. The smallest absolute Gasteiger partial charge is 0.344 e. The van der Waals surface area contributed by atoms with E-state index in [9.17, 15) is 9.59 Å². The lowest BCUT2D eigenvalue weighted by molar-refractivity contribution is -0.145. The first-order valence-corrected chi connectivity index (χ1v) is 8.50. The summed E-state index contributed by atoms with van der Waals surface area (Å²) in [6, 6.07) is 12.2. The van der Waals surface area contributed by atoms with Crippen LogP contribution in [0.4, 0.5) is 0 Å². The van der Waals surface area contributed by atoms with Gasteiger partial charge in [-0.05, 0) is 38.1 Å². The van der Waals surface area contributed by atoms with Crippen LogP contribution in [0.1, 0.15) is 12.5 Å². The number of esters is 1. The van der Waals surface area contributed by atoms with Crippen molar-refractivity contribution in [2.75, 3.05) is 13.2 Å². The molecule has 0 radical (unpaired) electrons. The van der Waals surface area contributed by atoms with Gasteiger partial charge in [0.25, 0.3) is 0 Å². The van der Waals surface area contributed by atoms with Crippen molar-refractivity contribution in [2.45, 2.75) is 13.8 Å². The van der Waals surface area contributed by atoms with Crippen molar-refractivity contribution >= 4 is 28.5 Å². The summed E-state index contributed by atoms with van der Waals surface area (Å²) in [6.07, 6.45) is 0. The number of halogens is 1. The molecule has 0 aliphatic heterocycles. The maximum Gasteiger partial charge on any atom is 0.344 e. The maximum absolute atomic E-state index is 13.0. The normalized spacial score (nSPS) is 10.7. The summed E-state index contributed by atoms with van der Waals surface area (Å²) in [6.45, 7) is 3.40. The van der Waals surface area contributed by atoms with Gasteiger partial charge in [-0.2, -0.15) is 0 Å². The largest absolute Gasteiger partial charge is 0.474 e. The number of carbonyl (C=O) groups excluding carboxylic acids is 1. The van der Waals surface area contributed by atoms with E-state index in [4.69, 9.17) is 25.5 Å². The molecule has 26 heavy (non-hydrogen) atoms. The molecule has 3 aromatic rings. The van der Waals surface area contributed by atoms with E-state index in [0.29, 0.717) is 21.6 Å². The van der Waals surface area contributed by atoms with Gasteiger partial charge in [0, 0.05) is 5.56 Å². The zero-order valence-electron chi connectivity index (χ0n) is 14.4. The average molecular weight is 373 g/mol. The molecule has 0 unspecified atom stereocenters. The molecule has 0 N–H and O–H groups in total. The molecule has 6 heteroatoms. The molecule has 0 atom stereocenters. The first kappa shape index (κ1) is 18.0. The number of ether oxygens (including phenoxy) is 2. The molecular formula is C20H17ClO5. The van der Waals surface area contributed by atoms with E-state index < -0.39 is 12.6 Å². The highest BCUT2D eigenvalue weighted by molar-refractivity contribution is 6.33. The van der Waals surface area contributed by atoms with Gasteiger partial charge in [0.15, 0.2) is 12.4 Å². The summed E-state index contributed by atoms with van der Waals surface area (Å²) < 4.78 is 16.3. The van der Waals surface area contributed by atoms with Crippen LogP contribution in [0, 0.1) is 6.92 Å². The van der Waals surface area contributed by atoms with Crippen molar-refractivity contribution < 1.29 is 18.7 Å². The first-order chi connectivity index (χ1) is 12.5. The lowest BCUT2D eigenvalue weighted by atomic mass is 10.1. The van der Waals surface area contributed by atoms with Crippen LogP contribution in [0.2, 0.25) is 5.02 Å². The van der Waals surface area contributed by atoms with E-state index in [1.165, 1.54) is 0 Å². The number of hydrogen-bond acceptors (Lipinski definition) is 5. The molecule has 0 spiro atoms. The third-order valence-electron chi connectivity index (χ3n) is 3.76. The van der Waals surface area contributed by atoms with Crippen LogP contribution in [-0.4, -0.2) is 19.2 Å². The van der Waals surface area contributed by atoms with Gasteiger partial charge in [-0.3, -0.25) is 4.79 Å². The monoisotopic (exact) mass is 372 g/mol. The lowest BCUT2D eigenvalue weighted by Gasteiger charge is -2.12. The van der Waals surface area contributed by atoms with Gasteiger partial charge >= 0.3 is 5.97 Å². The van der Waals surface area contributed by atoms with Crippen LogP contribution in [0.25, 0.3) is 22.3 Å². The highest BCUT2D eigenvalue weighted by Gasteiger charge is 2.20. The van der Waals surface area contributed by atoms with Crippen molar-refractivity contribution in [2.24, 2.45) is 0 Å². The maximum atomic E-state index is 13.0. The van der Waals surface area contributed by atoms with E-state index in [1.807, 2.05) is 13.0 Å². The minimum Gasteiger partial charge on any atom is -0.474 e. The van der Waals surface area contributed by atoms with Gasteiger partial charge in [-0.15, -0.1) is 0 Å². The van der Waals surface area contributed by atoms with Gasteiger partial charge in [-0.1, -0.05) is 35.4 Å². The Morgan fingerprint density at radius 1 is 1.19 bits per heavy atom. The Morgan fingerprint density at radius 2 is 1.96 bits per heavy atom. The molecule has 0 fully saturated rings. The highest BCUT2D eigenvalue weighted by atomic mass is 35.5. The third-order valence-corrected chi connectivity index (χ3v) is 4.09. The van der Waals surface area contributed by atoms with Crippen LogP contribution in [0.3, 0.4) is 0 Å². The van der Waals surface area contributed by atoms with E-state index in [1.54, 1.807) is 43.3 Å². The minimum atomic E-state index is -0.568. The molecular weight excluding hydrogens is 356 g/mol. The van der Waals surface area contributed by atoms with Gasteiger partial charge < -0.3 is 13.9 Å². The molecule has 5 nitrogen and oxygen atoms in total. The molecule has 0 bridgehead atoms. The average Bonchev–Trinajstić information content (AvgIpc) is 2.62. The van der Waals surface area contributed by atoms with Crippen LogP contribution in [0.5, 0.6) is 5.75 Å². The van der Waals surface area contributed by atoms with Crippen molar-refractivity contribution in [3.8, 4) is 17.1 Å². The number of benzene rings is 2. The van der Waals surface area contributed by atoms with Crippen LogP contribution in [0.15, 0.2) is 51.7 Å². The Bertz CT molecular complexity index is 1020. The molecule has 134 valence electrons. The molecule has 0 amide bonds. The van der Waals surface area contributed by atoms with Crippen molar-refractivity contribution in [1.82, 2.24) is 0 Å². The van der Waals surface area contributed by atoms with Crippen molar-refractivity contribution in [1.29, 1.82) is 0 Å². The highest BCUT2D eigenvalue weighted by Crippen LogP contribution is 2.35. The zero-order valence-corrected chi connectivity index (χ0v) is 15.1. The van der Waals surface area contributed by atoms with Gasteiger partial charge in [0.1, 0.15) is 5.58 Å². The third kappa shape index (κ3) is 3.58. The molecule has 1 heterocycles. The Labute approximate surface area is 155 Å². The molecule has 0 aliphatic carbocycles. The van der Waals surface area contributed by atoms with Gasteiger partial charge in [0.2, 0.25) is 11.2 Å². The predicted octanol–water partition coefficient (Wildman–Crippen LogP) is 4.36. The Balaban J connectivity index is 2.19. The van der Waals surface area contributed by atoms with E-state index >= 15 is 0 Å². The molecule has 1 aromatic heterocycles. The summed E-state index contributed by atoms with van der Waals surface area (Å²) in [7, 11) is 0.